The second-order valence-corrected chi connectivity index (χ2v) is 11.6. The minimum atomic E-state index is -0.0869. The molecule has 1 aromatic carbocycles. The minimum absolute atomic E-state index is 0.0304. The van der Waals surface area contributed by atoms with Crippen molar-refractivity contribution < 1.29 is 4.68 Å². The second kappa shape index (κ2) is 9.93. The van der Waals surface area contributed by atoms with Crippen molar-refractivity contribution in [3.63, 3.8) is 0 Å². The summed E-state index contributed by atoms with van der Waals surface area (Å²) in [5, 5.41) is 9.91. The minimum Gasteiger partial charge on any atom is -0.233 e. The van der Waals surface area contributed by atoms with Gasteiger partial charge in [-0.05, 0) is 38.0 Å². The predicted octanol–water partition coefficient (Wildman–Crippen LogP) is 6.62. The van der Waals surface area contributed by atoms with Gasteiger partial charge < -0.3 is 0 Å². The fraction of sp³-hybridized carbons (Fsp3) is 0.533. The van der Waals surface area contributed by atoms with E-state index >= 15 is 0 Å². The van der Waals surface area contributed by atoms with E-state index < -0.39 is 0 Å². The third kappa shape index (κ3) is 5.32. The Hall–Kier alpha value is -3.00. The molecule has 0 radical (unpaired) electrons. The van der Waals surface area contributed by atoms with Crippen LogP contribution in [0.5, 0.6) is 0 Å². The van der Waals surface area contributed by atoms with E-state index in [1.165, 1.54) is 19.3 Å². The van der Waals surface area contributed by atoms with Crippen molar-refractivity contribution in [3.05, 3.63) is 52.5 Å². The van der Waals surface area contributed by atoms with Gasteiger partial charge in [0.25, 0.3) is 5.69 Å². The van der Waals surface area contributed by atoms with E-state index in [0.717, 1.165) is 51.7 Å². The van der Waals surface area contributed by atoms with Crippen molar-refractivity contribution in [2.24, 2.45) is 14.1 Å². The molecule has 3 rings (SSSR count). The lowest BCUT2D eigenvalue weighted by molar-refractivity contribution is -0.741. The van der Waals surface area contributed by atoms with E-state index in [1.807, 2.05) is 25.7 Å². The van der Waals surface area contributed by atoms with E-state index in [4.69, 9.17) is 9.97 Å². The Morgan fingerprint density at radius 3 is 2.26 bits per heavy atom. The van der Waals surface area contributed by atoms with Gasteiger partial charge in [0.1, 0.15) is 6.07 Å². The van der Waals surface area contributed by atoms with Gasteiger partial charge in [0.05, 0.1) is 29.7 Å². The van der Waals surface area contributed by atoms with Crippen LogP contribution in [0.1, 0.15) is 95.4 Å². The van der Waals surface area contributed by atoms with Crippen LogP contribution in [0.25, 0.3) is 22.6 Å². The lowest BCUT2D eigenvalue weighted by Crippen LogP contribution is -2.39. The molecule has 0 aliphatic carbocycles. The van der Waals surface area contributed by atoms with Crippen molar-refractivity contribution in [2.45, 2.75) is 91.9 Å². The summed E-state index contributed by atoms with van der Waals surface area (Å²) >= 11 is 0. The van der Waals surface area contributed by atoms with Crippen molar-refractivity contribution in [1.29, 1.82) is 5.26 Å². The molecule has 5 heteroatoms. The standard InChI is InChI=1S/C30H42N5/c1-11-12-13-16-30(7,8)26-18-25(29(4,5)6)32-28(33-26)22-15-14-20(2)23(17-22)27-24(19-31)21(3)34(9)35(27)10/h14-15,17-18H,11-13,16H2,1-10H3/q+1. The molecule has 0 saturated carbocycles. The molecule has 0 saturated heterocycles. The number of rotatable bonds is 7. The molecule has 0 N–H and O–H groups in total. The van der Waals surface area contributed by atoms with Crippen LogP contribution in [0.3, 0.4) is 0 Å². The molecule has 0 aliphatic heterocycles. The highest BCUT2D eigenvalue weighted by Crippen LogP contribution is 2.34. The monoisotopic (exact) mass is 472 g/mol. The summed E-state index contributed by atoms with van der Waals surface area (Å²) in [6.45, 7) is 17.6. The van der Waals surface area contributed by atoms with Gasteiger partial charge in [-0.15, -0.1) is 4.68 Å². The first-order valence-electron chi connectivity index (χ1n) is 12.8. The zero-order chi connectivity index (χ0) is 26.1. The maximum absolute atomic E-state index is 9.91. The smallest absolute Gasteiger partial charge is 0.233 e. The Kier molecular flexibility index (Phi) is 7.55. The Labute approximate surface area is 211 Å². The number of hydrogen-bond acceptors (Lipinski definition) is 3. The largest absolute Gasteiger partial charge is 0.256 e. The highest BCUT2D eigenvalue weighted by Gasteiger charge is 2.29. The number of aryl methyl sites for hydroxylation is 1. The second-order valence-electron chi connectivity index (χ2n) is 11.6. The molecule has 0 fully saturated rings. The van der Waals surface area contributed by atoms with Crippen molar-refractivity contribution in [2.75, 3.05) is 0 Å². The molecule has 3 aromatic rings. The number of hydrogen-bond donors (Lipinski definition) is 0. The number of nitriles is 1. The third-order valence-electron chi connectivity index (χ3n) is 7.31. The molecular formula is C30H42N5+. The van der Waals surface area contributed by atoms with Gasteiger partial charge in [0, 0.05) is 16.4 Å². The number of benzene rings is 1. The molecule has 5 nitrogen and oxygen atoms in total. The van der Waals surface area contributed by atoms with Crippen LogP contribution >= 0.6 is 0 Å². The molecule has 2 aromatic heterocycles. The summed E-state index contributed by atoms with van der Waals surface area (Å²) in [4.78, 5) is 10.2. The lowest BCUT2D eigenvalue weighted by Gasteiger charge is -2.27. The third-order valence-corrected chi connectivity index (χ3v) is 7.31. The SMILES string of the molecule is CCCCCC(C)(C)c1cc(C(C)(C)C)nc(-c2ccc(C)c(-c3c(C#N)c(C)n(C)[n+]3C)c2)n1. The molecule has 2 heterocycles. The predicted molar refractivity (Wildman–Crippen MR) is 143 cm³/mol. The molecular weight excluding hydrogens is 430 g/mol. The van der Waals surface area contributed by atoms with Crippen LogP contribution in [0.4, 0.5) is 0 Å². The Bertz CT molecular complexity index is 1270. The van der Waals surface area contributed by atoms with Crippen molar-refractivity contribution in [3.8, 4) is 28.7 Å². The van der Waals surface area contributed by atoms with Gasteiger partial charge in [-0.1, -0.05) is 72.9 Å². The quantitative estimate of drug-likeness (QED) is 0.287. The fourth-order valence-electron chi connectivity index (χ4n) is 4.58. The highest BCUT2D eigenvalue weighted by atomic mass is 15.4. The molecule has 0 atom stereocenters. The molecule has 0 spiro atoms. The van der Waals surface area contributed by atoms with Crippen LogP contribution in [0.15, 0.2) is 24.3 Å². The van der Waals surface area contributed by atoms with Crippen LogP contribution in [0, 0.1) is 25.2 Å². The summed E-state index contributed by atoms with van der Waals surface area (Å²) in [5.41, 5.74) is 7.78. The summed E-state index contributed by atoms with van der Waals surface area (Å²) < 4.78 is 4.07. The average molecular weight is 473 g/mol. The molecule has 0 aliphatic rings. The first-order chi connectivity index (χ1) is 16.3. The van der Waals surface area contributed by atoms with Crippen LogP contribution in [0.2, 0.25) is 0 Å². The molecule has 186 valence electrons. The van der Waals surface area contributed by atoms with Crippen molar-refractivity contribution in [1.82, 2.24) is 14.6 Å². The first kappa shape index (κ1) is 26.6. The summed E-state index contributed by atoms with van der Waals surface area (Å²) in [7, 11) is 3.99. The van der Waals surface area contributed by atoms with Gasteiger partial charge in [0.15, 0.2) is 18.4 Å². The van der Waals surface area contributed by atoms with E-state index in [1.54, 1.807) is 0 Å². The molecule has 35 heavy (non-hydrogen) atoms. The van der Waals surface area contributed by atoms with Gasteiger partial charge in [0.2, 0.25) is 0 Å². The van der Waals surface area contributed by atoms with E-state index in [0.29, 0.717) is 5.56 Å². The van der Waals surface area contributed by atoms with Crippen LogP contribution in [-0.2, 0) is 24.9 Å². The van der Waals surface area contributed by atoms with Crippen LogP contribution < -0.4 is 4.68 Å². The van der Waals surface area contributed by atoms with E-state index in [-0.39, 0.29) is 10.8 Å². The van der Waals surface area contributed by atoms with Gasteiger partial charge in [-0.3, -0.25) is 0 Å². The summed E-state index contributed by atoms with van der Waals surface area (Å²) in [6, 6.07) is 11.0. The normalized spacial score (nSPS) is 12.1. The van der Waals surface area contributed by atoms with Crippen molar-refractivity contribution >= 4 is 0 Å². The fourth-order valence-corrected chi connectivity index (χ4v) is 4.58. The zero-order valence-corrected chi connectivity index (χ0v) is 23.4. The Morgan fingerprint density at radius 1 is 1.00 bits per heavy atom. The molecule has 0 amide bonds. The Balaban J connectivity index is 2.21. The summed E-state index contributed by atoms with van der Waals surface area (Å²) in [5.74, 6) is 0.756. The maximum atomic E-state index is 9.91. The van der Waals surface area contributed by atoms with Gasteiger partial charge >= 0.3 is 0 Å². The summed E-state index contributed by atoms with van der Waals surface area (Å²) in [6.07, 6.45) is 4.75. The molecule has 0 bridgehead atoms. The first-order valence-corrected chi connectivity index (χ1v) is 12.8. The topological polar surface area (TPSA) is 58.4 Å². The van der Waals surface area contributed by atoms with Crippen LogP contribution in [-0.4, -0.2) is 14.6 Å². The lowest BCUT2D eigenvalue weighted by atomic mass is 9.81. The number of aromatic nitrogens is 4. The van der Waals surface area contributed by atoms with E-state index in [2.05, 4.69) is 83.5 Å². The zero-order valence-electron chi connectivity index (χ0n) is 23.4. The number of unbranched alkanes of at least 4 members (excludes halogenated alkanes) is 2. The number of nitrogens with zero attached hydrogens (tertiary/aromatic N) is 5. The van der Waals surface area contributed by atoms with Gasteiger partial charge in [-0.25, -0.2) is 9.97 Å². The molecule has 0 unspecified atom stereocenters. The van der Waals surface area contributed by atoms with E-state index in [9.17, 15) is 5.26 Å². The Morgan fingerprint density at radius 2 is 1.66 bits per heavy atom. The maximum Gasteiger partial charge on any atom is 0.256 e. The van der Waals surface area contributed by atoms with Gasteiger partial charge in [-0.2, -0.15) is 9.94 Å². The average Bonchev–Trinajstić information content (AvgIpc) is 3.02. The highest BCUT2D eigenvalue weighted by molar-refractivity contribution is 5.73.